The average Bonchev–Trinajstić information content (AvgIpc) is 2.42. The van der Waals surface area contributed by atoms with Crippen LogP contribution in [0.25, 0.3) is 0 Å². The number of hydrogen-bond donors (Lipinski definition) is 1. The molecule has 0 fully saturated rings. The molecule has 0 spiro atoms. The van der Waals surface area contributed by atoms with Crippen LogP contribution in [0.3, 0.4) is 0 Å². The van der Waals surface area contributed by atoms with E-state index in [2.05, 4.69) is 21.2 Å². The monoisotopic (exact) mass is 352 g/mol. The molecular formula is C15H14BrClN2O. The lowest BCUT2D eigenvalue weighted by atomic mass is 10.2. The van der Waals surface area contributed by atoms with Crippen molar-refractivity contribution in [1.82, 2.24) is 0 Å². The number of amides is 1. The van der Waals surface area contributed by atoms with Gasteiger partial charge in [-0.1, -0.05) is 27.5 Å². The van der Waals surface area contributed by atoms with Crippen LogP contribution in [0.5, 0.6) is 0 Å². The second kappa shape index (κ2) is 6.29. The molecule has 2 aromatic rings. The summed E-state index contributed by atoms with van der Waals surface area (Å²) in [6.45, 7) is 0. The molecule has 0 aliphatic heterocycles. The van der Waals surface area contributed by atoms with Gasteiger partial charge in [-0.2, -0.15) is 0 Å². The van der Waals surface area contributed by atoms with Gasteiger partial charge in [0.15, 0.2) is 0 Å². The van der Waals surface area contributed by atoms with Crippen LogP contribution in [0.4, 0.5) is 11.4 Å². The fourth-order valence-electron chi connectivity index (χ4n) is 1.71. The Morgan fingerprint density at radius 2 is 1.80 bits per heavy atom. The lowest BCUT2D eigenvalue weighted by Crippen LogP contribution is -2.13. The zero-order valence-corrected chi connectivity index (χ0v) is 13.5. The topological polar surface area (TPSA) is 32.3 Å². The van der Waals surface area contributed by atoms with Crippen molar-refractivity contribution in [2.45, 2.75) is 0 Å². The smallest absolute Gasteiger partial charge is 0.257 e. The maximum absolute atomic E-state index is 12.2. The van der Waals surface area contributed by atoms with Crippen LogP contribution >= 0.6 is 27.5 Å². The fourth-order valence-corrected chi connectivity index (χ4v) is 2.28. The van der Waals surface area contributed by atoms with E-state index < -0.39 is 0 Å². The number of nitrogens with one attached hydrogen (secondary N) is 1. The predicted molar refractivity (Wildman–Crippen MR) is 87.9 cm³/mol. The van der Waals surface area contributed by atoms with Gasteiger partial charge in [0.2, 0.25) is 0 Å². The third-order valence-corrected chi connectivity index (χ3v) is 3.64. The molecule has 104 valence electrons. The zero-order chi connectivity index (χ0) is 14.7. The summed E-state index contributed by atoms with van der Waals surface area (Å²) >= 11 is 9.37. The van der Waals surface area contributed by atoms with E-state index in [4.69, 9.17) is 11.6 Å². The van der Waals surface area contributed by atoms with E-state index in [-0.39, 0.29) is 5.91 Å². The molecule has 1 N–H and O–H groups in total. The molecule has 3 nitrogen and oxygen atoms in total. The van der Waals surface area contributed by atoms with Crippen LogP contribution in [0, 0.1) is 0 Å². The van der Waals surface area contributed by atoms with Gasteiger partial charge >= 0.3 is 0 Å². The van der Waals surface area contributed by atoms with Crippen LogP contribution in [0.15, 0.2) is 46.9 Å². The van der Waals surface area contributed by atoms with Gasteiger partial charge in [-0.25, -0.2) is 0 Å². The fraction of sp³-hybridized carbons (Fsp3) is 0.133. The number of nitrogens with zero attached hydrogens (tertiary/aromatic N) is 1. The Morgan fingerprint density at radius 3 is 2.40 bits per heavy atom. The molecule has 0 radical (unpaired) electrons. The van der Waals surface area contributed by atoms with Crippen molar-refractivity contribution in [3.8, 4) is 0 Å². The Balaban J connectivity index is 2.17. The molecule has 2 aromatic carbocycles. The molecule has 2 rings (SSSR count). The molecule has 0 aliphatic rings. The van der Waals surface area contributed by atoms with Gasteiger partial charge in [0, 0.05) is 29.9 Å². The number of carbonyl (C=O) groups is 1. The Hall–Kier alpha value is -1.52. The second-order valence-corrected chi connectivity index (χ2v) is 5.84. The Labute approximate surface area is 131 Å². The van der Waals surface area contributed by atoms with E-state index in [0.29, 0.717) is 10.6 Å². The van der Waals surface area contributed by atoms with Crippen molar-refractivity contribution < 1.29 is 4.79 Å². The molecule has 0 aliphatic carbocycles. The third kappa shape index (κ3) is 3.52. The first-order valence-corrected chi connectivity index (χ1v) is 7.18. The standard InChI is InChI=1S/C15H14BrClN2O/c1-19(2)12-6-4-11(5-7-12)18-15(20)13-9-10(16)3-8-14(13)17/h3-9H,1-2H3,(H,18,20). The first-order chi connectivity index (χ1) is 9.47. The number of carbonyl (C=O) groups excluding carboxylic acids is 1. The van der Waals surface area contributed by atoms with Crippen LogP contribution < -0.4 is 10.2 Å². The number of hydrogen-bond acceptors (Lipinski definition) is 2. The van der Waals surface area contributed by atoms with Crippen molar-refractivity contribution in [2.75, 3.05) is 24.3 Å². The summed E-state index contributed by atoms with van der Waals surface area (Å²) in [5.74, 6) is -0.228. The minimum atomic E-state index is -0.228. The van der Waals surface area contributed by atoms with Gasteiger partial charge < -0.3 is 10.2 Å². The Morgan fingerprint density at radius 1 is 1.15 bits per heavy atom. The van der Waals surface area contributed by atoms with Gasteiger partial charge in [-0.3, -0.25) is 4.79 Å². The van der Waals surface area contributed by atoms with Crippen molar-refractivity contribution >= 4 is 44.8 Å². The highest BCUT2D eigenvalue weighted by atomic mass is 79.9. The van der Waals surface area contributed by atoms with Gasteiger partial charge in [0.1, 0.15) is 0 Å². The van der Waals surface area contributed by atoms with E-state index in [0.717, 1.165) is 15.8 Å². The van der Waals surface area contributed by atoms with Gasteiger partial charge in [-0.15, -0.1) is 0 Å². The number of rotatable bonds is 3. The number of anilines is 2. The lowest BCUT2D eigenvalue weighted by Gasteiger charge is -2.13. The van der Waals surface area contributed by atoms with Crippen molar-refractivity contribution in [3.63, 3.8) is 0 Å². The normalized spacial score (nSPS) is 10.2. The maximum atomic E-state index is 12.2. The second-order valence-electron chi connectivity index (χ2n) is 4.52. The maximum Gasteiger partial charge on any atom is 0.257 e. The van der Waals surface area contributed by atoms with E-state index >= 15 is 0 Å². The molecule has 0 bridgehead atoms. The van der Waals surface area contributed by atoms with Crippen LogP contribution in [-0.2, 0) is 0 Å². The summed E-state index contributed by atoms with van der Waals surface area (Å²) in [5.41, 5.74) is 2.25. The summed E-state index contributed by atoms with van der Waals surface area (Å²) < 4.78 is 0.815. The minimum Gasteiger partial charge on any atom is -0.378 e. The van der Waals surface area contributed by atoms with E-state index in [9.17, 15) is 4.79 Å². The summed E-state index contributed by atoms with van der Waals surface area (Å²) in [4.78, 5) is 14.2. The van der Waals surface area contributed by atoms with E-state index in [1.165, 1.54) is 0 Å². The minimum absolute atomic E-state index is 0.228. The molecule has 5 heteroatoms. The Bertz CT molecular complexity index is 626. The molecule has 0 saturated carbocycles. The predicted octanol–water partition coefficient (Wildman–Crippen LogP) is 4.42. The summed E-state index contributed by atoms with van der Waals surface area (Å²) in [5, 5.41) is 3.26. The first-order valence-electron chi connectivity index (χ1n) is 6.01. The largest absolute Gasteiger partial charge is 0.378 e. The molecule has 0 saturated heterocycles. The first kappa shape index (κ1) is 14.9. The van der Waals surface area contributed by atoms with Crippen molar-refractivity contribution in [1.29, 1.82) is 0 Å². The van der Waals surface area contributed by atoms with Gasteiger partial charge in [-0.05, 0) is 42.5 Å². The third-order valence-electron chi connectivity index (χ3n) is 2.81. The van der Waals surface area contributed by atoms with Crippen LogP contribution in [-0.4, -0.2) is 20.0 Å². The highest BCUT2D eigenvalue weighted by Crippen LogP contribution is 2.23. The Kier molecular flexibility index (Phi) is 4.68. The van der Waals surface area contributed by atoms with Crippen LogP contribution in [0.2, 0.25) is 5.02 Å². The molecule has 0 heterocycles. The number of halogens is 2. The molecule has 0 aromatic heterocycles. The summed E-state index contributed by atoms with van der Waals surface area (Å²) in [6.07, 6.45) is 0. The molecule has 1 amide bonds. The molecule has 0 unspecified atom stereocenters. The lowest BCUT2D eigenvalue weighted by molar-refractivity contribution is 0.102. The van der Waals surface area contributed by atoms with Crippen molar-refractivity contribution in [3.05, 3.63) is 57.5 Å². The van der Waals surface area contributed by atoms with Crippen LogP contribution in [0.1, 0.15) is 10.4 Å². The van der Waals surface area contributed by atoms with Crippen molar-refractivity contribution in [2.24, 2.45) is 0 Å². The SMILES string of the molecule is CN(C)c1ccc(NC(=O)c2cc(Br)ccc2Cl)cc1. The van der Waals surface area contributed by atoms with E-state index in [1.54, 1.807) is 18.2 Å². The molecule has 20 heavy (non-hydrogen) atoms. The van der Waals surface area contributed by atoms with Gasteiger partial charge in [0.25, 0.3) is 5.91 Å². The number of benzene rings is 2. The molecular weight excluding hydrogens is 340 g/mol. The van der Waals surface area contributed by atoms with Gasteiger partial charge in [0.05, 0.1) is 10.6 Å². The molecule has 0 atom stereocenters. The zero-order valence-electron chi connectivity index (χ0n) is 11.2. The average molecular weight is 354 g/mol. The quantitative estimate of drug-likeness (QED) is 0.886. The highest BCUT2D eigenvalue weighted by Gasteiger charge is 2.11. The highest BCUT2D eigenvalue weighted by molar-refractivity contribution is 9.10. The summed E-state index contributed by atoms with van der Waals surface area (Å²) in [6, 6.07) is 12.8. The summed E-state index contributed by atoms with van der Waals surface area (Å²) in [7, 11) is 3.93. The van der Waals surface area contributed by atoms with E-state index in [1.807, 2.05) is 43.3 Å².